The van der Waals surface area contributed by atoms with E-state index in [0.29, 0.717) is 39.2 Å². The number of rotatable bonds is 6. The van der Waals surface area contributed by atoms with E-state index in [9.17, 15) is 0 Å². The van der Waals surface area contributed by atoms with Crippen LogP contribution in [0.15, 0.2) is 132 Å². The fourth-order valence-electron chi connectivity index (χ4n) is 6.55. The van der Waals surface area contributed by atoms with E-state index < -0.39 is 44.1 Å². The normalized spacial score (nSPS) is 16.1. The maximum Gasteiger partial charge on any atom is 0.128 e. The first-order valence-electron chi connectivity index (χ1n) is 25.0. The van der Waals surface area contributed by atoms with Crippen molar-refractivity contribution in [3.05, 3.63) is 168 Å². The summed E-state index contributed by atoms with van der Waals surface area (Å²) in [7, 11) is 0. The summed E-state index contributed by atoms with van der Waals surface area (Å²) in [5, 5.41) is 1.74. The van der Waals surface area contributed by atoms with Crippen LogP contribution in [0.5, 0.6) is 0 Å². The Hall–Kier alpha value is -5.15. The Labute approximate surface area is 371 Å². The molecular formula is C53H52IrN2O-2. The molecule has 3 aromatic heterocycles. The first kappa shape index (κ1) is 27.5. The Morgan fingerprint density at radius 3 is 2.04 bits per heavy atom. The third-order valence-corrected chi connectivity index (χ3v) is 8.90. The fourth-order valence-corrected chi connectivity index (χ4v) is 6.55. The molecule has 57 heavy (non-hydrogen) atoms. The van der Waals surface area contributed by atoms with Crippen molar-refractivity contribution in [3.8, 4) is 44.8 Å². The van der Waals surface area contributed by atoms with Crippen LogP contribution in [0.25, 0.3) is 66.7 Å². The maximum atomic E-state index is 8.74. The van der Waals surface area contributed by atoms with E-state index in [1.54, 1.807) is 57.2 Å². The van der Waals surface area contributed by atoms with Gasteiger partial charge < -0.3 is 14.4 Å². The minimum atomic E-state index is -2.66. The summed E-state index contributed by atoms with van der Waals surface area (Å²) >= 11 is 0. The molecule has 0 fully saturated rings. The Kier molecular flexibility index (Phi) is 8.27. The molecule has 8 rings (SSSR count). The number of pyridine rings is 2. The Morgan fingerprint density at radius 1 is 0.614 bits per heavy atom. The third kappa shape index (κ3) is 9.87. The molecule has 1 radical (unpaired) electrons. The van der Waals surface area contributed by atoms with Gasteiger partial charge >= 0.3 is 0 Å². The Bertz CT molecular complexity index is 3130. The van der Waals surface area contributed by atoms with Gasteiger partial charge in [0.25, 0.3) is 0 Å². The molecule has 0 unspecified atom stereocenters. The van der Waals surface area contributed by atoms with E-state index in [-0.39, 0.29) is 53.5 Å². The quantitative estimate of drug-likeness (QED) is 0.156. The molecule has 0 aliphatic heterocycles. The van der Waals surface area contributed by atoms with Crippen molar-refractivity contribution in [1.29, 1.82) is 0 Å². The molecule has 0 aliphatic rings. The van der Waals surface area contributed by atoms with Gasteiger partial charge in [-0.1, -0.05) is 144 Å². The van der Waals surface area contributed by atoms with Crippen LogP contribution in [0, 0.1) is 43.5 Å². The Morgan fingerprint density at radius 2 is 1.35 bits per heavy atom. The van der Waals surface area contributed by atoms with Crippen LogP contribution in [0.3, 0.4) is 0 Å². The summed E-state index contributed by atoms with van der Waals surface area (Å²) in [4.78, 5) is 8.84. The van der Waals surface area contributed by atoms with Gasteiger partial charge in [-0.3, -0.25) is 0 Å². The zero-order chi connectivity index (χ0) is 50.7. The van der Waals surface area contributed by atoms with Crippen LogP contribution in [-0.4, -0.2) is 9.97 Å². The molecule has 0 amide bonds. The van der Waals surface area contributed by atoms with Crippen molar-refractivity contribution in [2.45, 2.75) is 74.8 Å². The molecule has 0 spiro atoms. The van der Waals surface area contributed by atoms with Gasteiger partial charge in [-0.2, -0.15) is 0 Å². The minimum Gasteiger partial charge on any atom is -0.500 e. The van der Waals surface area contributed by atoms with E-state index >= 15 is 0 Å². The number of fused-ring (bicyclic) bond motifs is 3. The van der Waals surface area contributed by atoms with Crippen molar-refractivity contribution in [3.63, 3.8) is 0 Å². The molecule has 3 heterocycles. The minimum absolute atomic E-state index is 0. The van der Waals surface area contributed by atoms with E-state index in [1.165, 1.54) is 36.7 Å². The van der Waals surface area contributed by atoms with E-state index in [4.69, 9.17) is 22.2 Å². The van der Waals surface area contributed by atoms with Gasteiger partial charge in [-0.25, -0.2) is 0 Å². The van der Waals surface area contributed by atoms with Crippen LogP contribution in [-0.2, 0) is 32.9 Å². The fraction of sp³-hybridized carbons (Fsp3) is 0.245. The van der Waals surface area contributed by atoms with E-state index in [1.807, 2.05) is 75.4 Å². The summed E-state index contributed by atoms with van der Waals surface area (Å²) in [5.74, 6) is 0. The molecule has 8 aromatic rings. The van der Waals surface area contributed by atoms with Gasteiger partial charge in [-0.15, -0.1) is 53.6 Å². The molecule has 291 valence electrons. The summed E-state index contributed by atoms with van der Waals surface area (Å²) in [6.45, 7) is 3.38. The number of aryl methyl sites for hydroxylation is 3. The third-order valence-electron chi connectivity index (χ3n) is 8.90. The zero-order valence-corrected chi connectivity index (χ0v) is 35.2. The van der Waals surface area contributed by atoms with Crippen LogP contribution in [0.4, 0.5) is 0 Å². The predicted octanol–water partition coefficient (Wildman–Crippen LogP) is 14.4. The van der Waals surface area contributed by atoms with Crippen molar-refractivity contribution in [2.24, 2.45) is 10.8 Å². The zero-order valence-electron chi connectivity index (χ0n) is 45.8. The Balaban J connectivity index is 0.000000282. The molecule has 0 N–H and O–H groups in total. The molecule has 0 atom stereocenters. The average Bonchev–Trinajstić information content (AvgIpc) is 3.67. The smallest absolute Gasteiger partial charge is 0.128 e. The van der Waals surface area contributed by atoms with Crippen LogP contribution in [0.2, 0.25) is 0 Å². The molecule has 4 heteroatoms. The average molecular weight is 938 g/mol. The number of aromatic nitrogens is 2. The van der Waals surface area contributed by atoms with Gasteiger partial charge in [-0.05, 0) is 87.6 Å². The van der Waals surface area contributed by atoms with Crippen molar-refractivity contribution in [1.82, 2.24) is 9.97 Å². The summed E-state index contributed by atoms with van der Waals surface area (Å²) < 4.78 is 112. The second-order valence-corrected chi connectivity index (χ2v) is 15.8. The second-order valence-electron chi connectivity index (χ2n) is 15.8. The number of benzene rings is 5. The molecule has 0 saturated carbocycles. The SMILES string of the molecule is [2H]C([2H])([2H])c1c[c-]c(-c2ccc(C([2H])([2H])C(C)(C)C)cn2)cc1.[2H]C([2H])([2H])c1cnc(-c2[c-]ccc3c2oc2c(-c4ccccc4)cccc23)cc1-c1ccc(C([2H])([2H])C(C)(C)C)cc1C([2H])([2H])[2H].[Ir]. The van der Waals surface area contributed by atoms with E-state index in [0.717, 1.165) is 21.9 Å². The topological polar surface area (TPSA) is 38.9 Å². The number of furan rings is 1. The number of hydrogen-bond acceptors (Lipinski definition) is 3. The van der Waals surface area contributed by atoms with E-state index in [2.05, 4.69) is 22.1 Å². The predicted molar refractivity (Wildman–Crippen MR) is 236 cm³/mol. The van der Waals surface area contributed by atoms with Crippen molar-refractivity contribution >= 4 is 21.9 Å². The monoisotopic (exact) mass is 938 g/mol. The molecule has 5 aromatic carbocycles. The molecule has 0 aliphatic carbocycles. The van der Waals surface area contributed by atoms with Crippen LogP contribution >= 0.6 is 0 Å². The first-order valence-corrected chi connectivity index (χ1v) is 18.5. The second kappa shape index (κ2) is 17.1. The molecule has 0 saturated heterocycles. The standard InChI is InChI=1S/C36H32NO.C17H20N.Ir/c1-23-19-25(21-36(3,4)5)17-18-27(23)32-20-33(37-22-24(32)2)31-16-10-15-30-29-14-9-13-28(34(29)38-35(30)31)26-11-7-6-8-12-26;1-13-5-8-15(9-6-13)16-10-7-14(12-18-16)11-17(2,3)4;/h6-15,17-20,22H,21H2,1-5H3;5-8,10,12H,11H2,1-4H3;/q2*-1;/i1D3,2D3,21D2;1D3,11D2;. The summed E-state index contributed by atoms with van der Waals surface area (Å²) in [6.07, 6.45) is -0.556. The largest absolute Gasteiger partial charge is 0.500 e. The number of hydrogen-bond donors (Lipinski definition) is 0. The van der Waals surface area contributed by atoms with Gasteiger partial charge in [0.05, 0.1) is 5.58 Å². The van der Waals surface area contributed by atoms with Crippen molar-refractivity contribution < 1.29 is 42.3 Å². The van der Waals surface area contributed by atoms with Gasteiger partial charge in [0.15, 0.2) is 0 Å². The summed E-state index contributed by atoms with van der Waals surface area (Å²) in [5.41, 5.74) is 5.00. The number of para-hydroxylation sites is 1. The molecule has 3 nitrogen and oxygen atoms in total. The van der Waals surface area contributed by atoms with Gasteiger partial charge in [0.1, 0.15) is 5.58 Å². The van der Waals surface area contributed by atoms with Crippen LogP contribution < -0.4 is 0 Å². The summed E-state index contributed by atoms with van der Waals surface area (Å²) in [6, 6.07) is 39.7. The van der Waals surface area contributed by atoms with Gasteiger partial charge in [0.2, 0.25) is 0 Å². The van der Waals surface area contributed by atoms with Crippen molar-refractivity contribution in [2.75, 3.05) is 0 Å². The van der Waals surface area contributed by atoms with Gasteiger partial charge in [0, 0.05) is 61.3 Å². The first-order chi connectivity index (χ1) is 31.9. The molecular weight excluding hydrogens is 873 g/mol. The maximum absolute atomic E-state index is 8.74. The number of nitrogens with zero attached hydrogens (tertiary/aromatic N) is 2. The van der Waals surface area contributed by atoms with Crippen LogP contribution in [0.1, 0.15) is 87.2 Å². The molecule has 0 bridgehead atoms.